The van der Waals surface area contributed by atoms with Gasteiger partial charge in [-0.05, 0) is 55.3 Å². The number of amides is 3. The van der Waals surface area contributed by atoms with Gasteiger partial charge in [0.1, 0.15) is 5.75 Å². The molecule has 3 rings (SSSR count). The zero-order valence-electron chi connectivity index (χ0n) is 15.2. The number of benzene rings is 2. The lowest BCUT2D eigenvalue weighted by Gasteiger charge is -2.12. The van der Waals surface area contributed by atoms with Gasteiger partial charge in [0.05, 0.1) is 12.8 Å². The molecule has 2 aromatic carbocycles. The van der Waals surface area contributed by atoms with Crippen LogP contribution in [-0.4, -0.2) is 24.8 Å². The van der Waals surface area contributed by atoms with Gasteiger partial charge in [-0.3, -0.25) is 14.4 Å². The van der Waals surface area contributed by atoms with Crippen molar-refractivity contribution in [3.63, 3.8) is 0 Å². The quantitative estimate of drug-likeness (QED) is 0.730. The number of hydrogen-bond acceptors (Lipinski definition) is 4. The molecule has 0 aliphatic heterocycles. The molecule has 1 fully saturated rings. The lowest BCUT2D eigenvalue weighted by molar-refractivity contribution is -0.117. The van der Waals surface area contributed by atoms with Gasteiger partial charge >= 0.3 is 0 Å². The van der Waals surface area contributed by atoms with Crippen LogP contribution < -0.4 is 20.7 Å². The zero-order chi connectivity index (χ0) is 19.4. The second kappa shape index (κ2) is 7.90. The highest BCUT2D eigenvalue weighted by molar-refractivity contribution is 6.05. The molecule has 140 valence electrons. The van der Waals surface area contributed by atoms with E-state index in [1.165, 1.54) is 14.0 Å². The topological polar surface area (TPSA) is 96.5 Å². The van der Waals surface area contributed by atoms with Gasteiger partial charge in [0.15, 0.2) is 0 Å². The molecule has 1 aliphatic carbocycles. The maximum absolute atomic E-state index is 12.4. The Hall–Kier alpha value is -3.35. The lowest BCUT2D eigenvalue weighted by Crippen LogP contribution is -2.15. The highest BCUT2D eigenvalue weighted by Crippen LogP contribution is 2.30. The minimum Gasteiger partial charge on any atom is -0.495 e. The van der Waals surface area contributed by atoms with Gasteiger partial charge in [-0.25, -0.2) is 0 Å². The molecule has 3 N–H and O–H groups in total. The van der Waals surface area contributed by atoms with Crippen LogP contribution in [0.5, 0.6) is 5.75 Å². The molecular formula is C20H21N3O4. The fraction of sp³-hybridized carbons (Fsp3) is 0.250. The zero-order valence-corrected chi connectivity index (χ0v) is 15.2. The Morgan fingerprint density at radius 2 is 1.59 bits per heavy atom. The maximum atomic E-state index is 12.4. The number of carbonyl (C=O) groups is 3. The van der Waals surface area contributed by atoms with Gasteiger partial charge < -0.3 is 20.7 Å². The van der Waals surface area contributed by atoms with Crippen LogP contribution in [0.3, 0.4) is 0 Å². The SMILES string of the molecule is COc1ccc(NC(=O)c2ccc(NC(=O)C3CC3)cc2)cc1NC(C)=O. The van der Waals surface area contributed by atoms with Crippen LogP contribution >= 0.6 is 0 Å². The average molecular weight is 367 g/mol. The number of anilines is 3. The smallest absolute Gasteiger partial charge is 0.255 e. The highest BCUT2D eigenvalue weighted by atomic mass is 16.5. The van der Waals surface area contributed by atoms with Gasteiger partial charge in [0.2, 0.25) is 11.8 Å². The van der Waals surface area contributed by atoms with Crippen molar-refractivity contribution in [2.24, 2.45) is 5.92 Å². The molecule has 7 heteroatoms. The van der Waals surface area contributed by atoms with Crippen LogP contribution in [0.15, 0.2) is 42.5 Å². The van der Waals surface area contributed by atoms with Gasteiger partial charge in [-0.1, -0.05) is 0 Å². The molecular weight excluding hydrogens is 346 g/mol. The van der Waals surface area contributed by atoms with Crippen molar-refractivity contribution in [1.82, 2.24) is 0 Å². The molecule has 2 aromatic rings. The van der Waals surface area contributed by atoms with Gasteiger partial charge in [-0.2, -0.15) is 0 Å². The Bertz CT molecular complexity index is 873. The summed E-state index contributed by atoms with van der Waals surface area (Å²) >= 11 is 0. The van der Waals surface area contributed by atoms with E-state index in [1.54, 1.807) is 42.5 Å². The van der Waals surface area contributed by atoms with Crippen molar-refractivity contribution in [1.29, 1.82) is 0 Å². The molecule has 3 amide bonds. The molecule has 0 unspecified atom stereocenters. The number of rotatable bonds is 6. The summed E-state index contributed by atoms with van der Waals surface area (Å²) in [4.78, 5) is 35.5. The van der Waals surface area contributed by atoms with Crippen LogP contribution in [0.25, 0.3) is 0 Å². The summed E-state index contributed by atoms with van der Waals surface area (Å²) in [5, 5.41) is 8.27. The Kier molecular flexibility index (Phi) is 5.40. The van der Waals surface area contributed by atoms with Gasteiger partial charge in [-0.15, -0.1) is 0 Å². The summed E-state index contributed by atoms with van der Waals surface area (Å²) < 4.78 is 5.19. The summed E-state index contributed by atoms with van der Waals surface area (Å²) in [5.74, 6) is 0.116. The molecule has 27 heavy (non-hydrogen) atoms. The number of carbonyl (C=O) groups excluding carboxylic acids is 3. The van der Waals surface area contributed by atoms with E-state index in [9.17, 15) is 14.4 Å². The van der Waals surface area contributed by atoms with Crippen molar-refractivity contribution in [2.45, 2.75) is 19.8 Å². The fourth-order valence-corrected chi connectivity index (χ4v) is 2.57. The molecule has 0 atom stereocenters. The first-order chi connectivity index (χ1) is 13.0. The normalized spacial score (nSPS) is 12.8. The van der Waals surface area contributed by atoms with E-state index in [-0.39, 0.29) is 23.6 Å². The second-order valence-electron chi connectivity index (χ2n) is 6.39. The Morgan fingerprint density at radius 1 is 0.926 bits per heavy atom. The molecule has 0 aromatic heterocycles. The first-order valence-corrected chi connectivity index (χ1v) is 8.64. The molecule has 7 nitrogen and oxygen atoms in total. The van der Waals surface area contributed by atoms with Crippen LogP contribution in [0.4, 0.5) is 17.1 Å². The van der Waals surface area contributed by atoms with Crippen molar-refractivity contribution >= 4 is 34.8 Å². The average Bonchev–Trinajstić information content (AvgIpc) is 3.47. The Balaban J connectivity index is 1.67. The summed E-state index contributed by atoms with van der Waals surface area (Å²) in [5.41, 5.74) is 2.12. The molecule has 0 heterocycles. The van der Waals surface area contributed by atoms with Crippen molar-refractivity contribution in [3.8, 4) is 5.75 Å². The van der Waals surface area contributed by atoms with Crippen LogP contribution in [0.1, 0.15) is 30.1 Å². The molecule has 0 saturated heterocycles. The highest BCUT2D eigenvalue weighted by Gasteiger charge is 2.29. The molecule has 1 saturated carbocycles. The van der Waals surface area contributed by atoms with Crippen LogP contribution in [-0.2, 0) is 9.59 Å². The molecule has 1 aliphatic rings. The minimum absolute atomic E-state index is 0.0240. The second-order valence-corrected chi connectivity index (χ2v) is 6.39. The van der Waals surface area contributed by atoms with Gasteiger partial charge in [0, 0.05) is 29.8 Å². The summed E-state index contributed by atoms with van der Waals surface area (Å²) in [6.45, 7) is 1.40. The van der Waals surface area contributed by atoms with Crippen LogP contribution in [0.2, 0.25) is 0 Å². The van der Waals surface area contributed by atoms with Crippen molar-refractivity contribution in [2.75, 3.05) is 23.1 Å². The van der Waals surface area contributed by atoms with Crippen molar-refractivity contribution < 1.29 is 19.1 Å². The minimum atomic E-state index is -0.297. The standard InChI is InChI=1S/C20H21N3O4/c1-12(24)21-17-11-16(9-10-18(17)27-2)23-20(26)14-5-7-15(8-6-14)22-19(25)13-3-4-13/h5-11,13H,3-4H2,1-2H3,(H,21,24)(H,22,25)(H,23,26). The van der Waals surface area contributed by atoms with E-state index < -0.39 is 0 Å². The molecule has 0 spiro atoms. The van der Waals surface area contributed by atoms with Crippen molar-refractivity contribution in [3.05, 3.63) is 48.0 Å². The van der Waals surface area contributed by atoms with Gasteiger partial charge in [0.25, 0.3) is 5.91 Å². The summed E-state index contributed by atoms with van der Waals surface area (Å²) in [7, 11) is 1.50. The number of hydrogen-bond donors (Lipinski definition) is 3. The lowest BCUT2D eigenvalue weighted by atomic mass is 10.1. The summed E-state index contributed by atoms with van der Waals surface area (Å²) in [6, 6.07) is 11.7. The number of nitrogens with one attached hydrogen (secondary N) is 3. The maximum Gasteiger partial charge on any atom is 0.255 e. The number of methoxy groups -OCH3 is 1. The predicted octanol–water partition coefficient (Wildman–Crippen LogP) is 3.25. The summed E-state index contributed by atoms with van der Waals surface area (Å²) in [6.07, 6.45) is 1.88. The fourth-order valence-electron chi connectivity index (χ4n) is 2.57. The van der Waals surface area contributed by atoms with E-state index in [0.717, 1.165) is 12.8 Å². The predicted molar refractivity (Wildman–Crippen MR) is 103 cm³/mol. The number of ether oxygens (including phenoxy) is 1. The Labute approximate surface area is 157 Å². The van der Waals surface area contributed by atoms with E-state index in [0.29, 0.717) is 28.4 Å². The third-order valence-corrected chi connectivity index (χ3v) is 4.13. The van der Waals surface area contributed by atoms with E-state index in [1.807, 2.05) is 0 Å². The third-order valence-electron chi connectivity index (χ3n) is 4.13. The van der Waals surface area contributed by atoms with E-state index >= 15 is 0 Å². The monoisotopic (exact) mass is 367 g/mol. The largest absolute Gasteiger partial charge is 0.495 e. The van der Waals surface area contributed by atoms with E-state index in [2.05, 4.69) is 16.0 Å². The van der Waals surface area contributed by atoms with E-state index in [4.69, 9.17) is 4.74 Å². The first kappa shape index (κ1) is 18.4. The third kappa shape index (κ3) is 4.84. The Morgan fingerprint density at radius 3 is 2.19 bits per heavy atom. The first-order valence-electron chi connectivity index (χ1n) is 8.64. The molecule has 0 bridgehead atoms. The molecule has 0 radical (unpaired) electrons. The van der Waals surface area contributed by atoms with Crippen LogP contribution in [0, 0.1) is 5.92 Å².